The first kappa shape index (κ1) is 20.2. The first-order valence-corrected chi connectivity index (χ1v) is 9.78. The summed E-state index contributed by atoms with van der Waals surface area (Å²) in [5.74, 6) is -1.42. The molecule has 0 aromatic heterocycles. The maximum absolute atomic E-state index is 12.6. The summed E-state index contributed by atoms with van der Waals surface area (Å²) in [6, 6.07) is 4.82. The van der Waals surface area contributed by atoms with Crippen LogP contribution in [0.2, 0.25) is 0 Å². The minimum Gasteiger partial charge on any atom is -0.339 e. The Hall–Kier alpha value is -2.55. The van der Waals surface area contributed by atoms with Crippen LogP contribution in [0.3, 0.4) is 0 Å². The van der Waals surface area contributed by atoms with E-state index in [4.69, 9.17) is 0 Å². The van der Waals surface area contributed by atoms with Crippen LogP contribution >= 0.6 is 15.9 Å². The molecule has 2 aliphatic rings. The molecule has 9 heteroatoms. The van der Waals surface area contributed by atoms with Gasteiger partial charge in [-0.2, -0.15) is 0 Å². The molecule has 0 aliphatic carbocycles. The first-order chi connectivity index (χ1) is 13.3. The molecule has 1 fully saturated rings. The molecule has 8 nitrogen and oxygen atoms in total. The SMILES string of the molecule is CC(=O)CCC(=O)N1CCN(C(=O)CN2C(=O)c3ccc(Br)cc3C2=O)CC1. The number of nitrogens with zero attached hydrogens (tertiary/aromatic N) is 3. The van der Waals surface area contributed by atoms with E-state index in [-0.39, 0.29) is 42.5 Å². The van der Waals surface area contributed by atoms with Gasteiger partial charge in [-0.05, 0) is 25.1 Å². The van der Waals surface area contributed by atoms with E-state index in [1.54, 1.807) is 28.0 Å². The van der Waals surface area contributed by atoms with Crippen LogP contribution in [0.5, 0.6) is 0 Å². The van der Waals surface area contributed by atoms with E-state index in [0.29, 0.717) is 36.2 Å². The Bertz CT molecular complexity index is 861. The number of ketones is 1. The minimum atomic E-state index is -0.479. The summed E-state index contributed by atoms with van der Waals surface area (Å²) in [5, 5.41) is 0. The second-order valence-corrected chi connectivity index (χ2v) is 7.77. The third-order valence-corrected chi connectivity index (χ3v) is 5.40. The smallest absolute Gasteiger partial charge is 0.262 e. The number of Topliss-reactive ketones (excluding diaryl/α,β-unsaturated/α-hetero) is 1. The van der Waals surface area contributed by atoms with Crippen LogP contribution in [-0.4, -0.2) is 76.8 Å². The number of halogens is 1. The number of fused-ring (bicyclic) bond motifs is 1. The topological polar surface area (TPSA) is 95.1 Å². The standard InChI is InChI=1S/C19H20BrN3O5/c1-12(24)2-5-16(25)21-6-8-22(9-7-21)17(26)11-23-18(27)14-4-3-13(20)10-15(14)19(23)28/h3-4,10H,2,5-9,11H2,1H3. The molecule has 1 saturated heterocycles. The molecule has 4 amide bonds. The highest BCUT2D eigenvalue weighted by molar-refractivity contribution is 9.10. The number of hydrogen-bond acceptors (Lipinski definition) is 5. The van der Waals surface area contributed by atoms with Crippen LogP contribution in [0, 0.1) is 0 Å². The number of benzene rings is 1. The van der Waals surface area contributed by atoms with Crippen LogP contribution in [-0.2, 0) is 14.4 Å². The van der Waals surface area contributed by atoms with E-state index in [9.17, 15) is 24.0 Å². The predicted octanol–water partition coefficient (Wildman–Crippen LogP) is 1.09. The fourth-order valence-electron chi connectivity index (χ4n) is 3.29. The van der Waals surface area contributed by atoms with Gasteiger partial charge in [0, 0.05) is 43.5 Å². The third kappa shape index (κ3) is 4.14. The van der Waals surface area contributed by atoms with Crippen LogP contribution < -0.4 is 0 Å². The first-order valence-electron chi connectivity index (χ1n) is 8.98. The maximum atomic E-state index is 12.6. The number of carbonyl (C=O) groups excluding carboxylic acids is 5. The van der Waals surface area contributed by atoms with Crippen LogP contribution in [0.15, 0.2) is 22.7 Å². The van der Waals surface area contributed by atoms with E-state index < -0.39 is 11.8 Å². The molecule has 1 aromatic rings. The van der Waals surface area contributed by atoms with E-state index in [0.717, 1.165) is 4.90 Å². The lowest BCUT2D eigenvalue weighted by molar-refractivity contribution is -0.140. The molecule has 2 aliphatic heterocycles. The molecule has 2 heterocycles. The number of hydrogen-bond donors (Lipinski definition) is 0. The van der Waals surface area contributed by atoms with E-state index >= 15 is 0 Å². The Labute approximate surface area is 170 Å². The predicted molar refractivity (Wildman–Crippen MR) is 103 cm³/mol. The number of piperazine rings is 1. The quantitative estimate of drug-likeness (QED) is 0.626. The Kier molecular flexibility index (Phi) is 5.93. The Balaban J connectivity index is 1.55. The summed E-state index contributed by atoms with van der Waals surface area (Å²) in [4.78, 5) is 64.7. The normalized spacial score (nSPS) is 16.4. The number of carbonyl (C=O) groups is 5. The van der Waals surface area contributed by atoms with Crippen molar-refractivity contribution >= 4 is 45.3 Å². The van der Waals surface area contributed by atoms with Crippen LogP contribution in [0.1, 0.15) is 40.5 Å². The van der Waals surface area contributed by atoms with Gasteiger partial charge in [0.05, 0.1) is 11.1 Å². The van der Waals surface area contributed by atoms with Gasteiger partial charge >= 0.3 is 0 Å². The van der Waals surface area contributed by atoms with Gasteiger partial charge in [-0.25, -0.2) is 0 Å². The van der Waals surface area contributed by atoms with E-state index in [1.807, 2.05) is 0 Å². The zero-order chi connectivity index (χ0) is 20.4. The van der Waals surface area contributed by atoms with Gasteiger partial charge in [0.25, 0.3) is 11.8 Å². The number of rotatable bonds is 5. The molecule has 1 aromatic carbocycles. The lowest BCUT2D eigenvalue weighted by Gasteiger charge is -2.35. The van der Waals surface area contributed by atoms with Crippen molar-refractivity contribution in [3.63, 3.8) is 0 Å². The maximum Gasteiger partial charge on any atom is 0.262 e. The molecular formula is C19H20BrN3O5. The van der Waals surface area contributed by atoms with Gasteiger partial charge in [-0.15, -0.1) is 0 Å². The molecule has 0 unspecified atom stereocenters. The van der Waals surface area contributed by atoms with Gasteiger partial charge in [0.2, 0.25) is 11.8 Å². The Morgan fingerprint density at radius 3 is 2.07 bits per heavy atom. The molecule has 0 N–H and O–H groups in total. The molecule has 0 saturated carbocycles. The van der Waals surface area contributed by atoms with Gasteiger partial charge in [0.1, 0.15) is 12.3 Å². The third-order valence-electron chi connectivity index (χ3n) is 4.90. The van der Waals surface area contributed by atoms with E-state index in [2.05, 4.69) is 15.9 Å². The number of amides is 4. The number of imide groups is 1. The minimum absolute atomic E-state index is 0.0323. The van der Waals surface area contributed by atoms with Gasteiger partial charge < -0.3 is 14.6 Å². The van der Waals surface area contributed by atoms with Crippen molar-refractivity contribution < 1.29 is 24.0 Å². The van der Waals surface area contributed by atoms with Crippen molar-refractivity contribution in [2.24, 2.45) is 0 Å². The molecule has 0 radical (unpaired) electrons. The Morgan fingerprint density at radius 1 is 0.893 bits per heavy atom. The highest BCUT2D eigenvalue weighted by Gasteiger charge is 2.37. The summed E-state index contributed by atoms with van der Waals surface area (Å²) < 4.78 is 0.686. The largest absolute Gasteiger partial charge is 0.339 e. The zero-order valence-electron chi connectivity index (χ0n) is 15.4. The molecule has 28 heavy (non-hydrogen) atoms. The summed E-state index contributed by atoms with van der Waals surface area (Å²) >= 11 is 3.27. The van der Waals surface area contributed by atoms with Crippen molar-refractivity contribution in [2.75, 3.05) is 32.7 Å². The van der Waals surface area contributed by atoms with Crippen molar-refractivity contribution in [1.29, 1.82) is 0 Å². The molecule has 0 spiro atoms. The highest BCUT2D eigenvalue weighted by atomic mass is 79.9. The van der Waals surface area contributed by atoms with Crippen LogP contribution in [0.25, 0.3) is 0 Å². The lowest BCUT2D eigenvalue weighted by atomic mass is 10.1. The second kappa shape index (κ2) is 8.22. The Morgan fingerprint density at radius 2 is 1.46 bits per heavy atom. The average molecular weight is 450 g/mol. The summed E-state index contributed by atoms with van der Waals surface area (Å²) in [5.41, 5.74) is 0.579. The van der Waals surface area contributed by atoms with Crippen molar-refractivity contribution in [3.05, 3.63) is 33.8 Å². The molecular weight excluding hydrogens is 430 g/mol. The van der Waals surface area contributed by atoms with Gasteiger partial charge in [-0.3, -0.25) is 24.1 Å². The molecule has 0 bridgehead atoms. The fraction of sp³-hybridized carbons (Fsp3) is 0.421. The van der Waals surface area contributed by atoms with E-state index in [1.165, 1.54) is 6.92 Å². The fourth-order valence-corrected chi connectivity index (χ4v) is 3.65. The monoisotopic (exact) mass is 449 g/mol. The molecule has 148 valence electrons. The molecule has 0 atom stereocenters. The highest BCUT2D eigenvalue weighted by Crippen LogP contribution is 2.26. The summed E-state index contributed by atoms with van der Waals surface area (Å²) in [6.07, 6.45) is 0.391. The van der Waals surface area contributed by atoms with Crippen molar-refractivity contribution in [3.8, 4) is 0 Å². The second-order valence-electron chi connectivity index (χ2n) is 6.85. The van der Waals surface area contributed by atoms with Gasteiger partial charge in [-0.1, -0.05) is 15.9 Å². The van der Waals surface area contributed by atoms with Crippen LogP contribution in [0.4, 0.5) is 0 Å². The van der Waals surface area contributed by atoms with Gasteiger partial charge in [0.15, 0.2) is 0 Å². The zero-order valence-corrected chi connectivity index (χ0v) is 17.0. The lowest BCUT2D eigenvalue weighted by Crippen LogP contribution is -2.53. The average Bonchev–Trinajstić information content (AvgIpc) is 2.90. The van der Waals surface area contributed by atoms with Crippen molar-refractivity contribution in [2.45, 2.75) is 19.8 Å². The molecule has 3 rings (SSSR count). The van der Waals surface area contributed by atoms with Crippen molar-refractivity contribution in [1.82, 2.24) is 14.7 Å². The summed E-state index contributed by atoms with van der Waals surface area (Å²) in [6.45, 7) is 2.54. The summed E-state index contributed by atoms with van der Waals surface area (Å²) in [7, 11) is 0.